The van der Waals surface area contributed by atoms with E-state index in [9.17, 15) is 10.6 Å². The molecule has 3 heteroatoms. The number of phenols is 1. The van der Waals surface area contributed by atoms with Crippen LogP contribution in [0, 0.1) is 0 Å². The first-order chi connectivity index (χ1) is 10.8. The molecule has 0 atom stereocenters. The maximum Gasteiger partial charge on any atom is 0.323 e. The average molecular weight is 284 g/mol. The third-order valence-electron chi connectivity index (χ3n) is 4.04. The summed E-state index contributed by atoms with van der Waals surface area (Å²) in [5.74, 6) is 0.255. The number of hydrogen-bond donors (Lipinski definition) is 1. The molecule has 2 aromatic rings. The van der Waals surface area contributed by atoms with Crippen molar-refractivity contribution < 1.29 is 9.90 Å². The summed E-state index contributed by atoms with van der Waals surface area (Å²) in [5, 5.41) is 11.6. The topological polar surface area (TPSA) is 56.6 Å². The van der Waals surface area contributed by atoms with Crippen LogP contribution in [0.4, 0.5) is 0 Å². The monoisotopic (exact) mass is 284 g/mol. The summed E-state index contributed by atoms with van der Waals surface area (Å²) in [6.07, 6.45) is 7.82. The van der Waals surface area contributed by atoms with E-state index in [1.807, 2.05) is 36.4 Å². The number of hydrogen-bond acceptors (Lipinski definition) is 1. The van der Waals surface area contributed by atoms with Gasteiger partial charge in [-0.15, -0.1) is 0 Å². The zero-order valence-corrected chi connectivity index (χ0v) is 11.7. The van der Waals surface area contributed by atoms with Crippen LogP contribution in [0.2, 0.25) is 0 Å². The minimum Gasteiger partial charge on any atom is -0.508 e. The van der Waals surface area contributed by atoms with E-state index in [1.165, 1.54) is 0 Å². The normalized spacial score (nSPS) is 14.8. The van der Waals surface area contributed by atoms with Gasteiger partial charge in [-0.05, 0) is 45.3 Å². The van der Waals surface area contributed by atoms with Gasteiger partial charge < -0.3 is 10.6 Å². The third kappa shape index (κ3) is 1.77. The van der Waals surface area contributed by atoms with Crippen molar-refractivity contribution in [3.05, 3.63) is 82.2 Å². The second-order valence-electron chi connectivity index (χ2n) is 5.30. The fourth-order valence-electron chi connectivity index (χ4n) is 3.04. The zero-order chi connectivity index (χ0) is 15.1. The summed E-state index contributed by atoms with van der Waals surface area (Å²) >= 11 is 0. The molecule has 104 valence electrons. The Hall–Kier alpha value is -3.16. The molecule has 0 saturated heterocycles. The van der Waals surface area contributed by atoms with Gasteiger partial charge in [0.15, 0.2) is 0 Å². The van der Waals surface area contributed by atoms with Crippen molar-refractivity contribution in [1.82, 2.24) is 0 Å². The highest BCUT2D eigenvalue weighted by Gasteiger charge is 2.24. The van der Waals surface area contributed by atoms with Crippen LogP contribution in [0.15, 0.2) is 66.3 Å². The van der Waals surface area contributed by atoms with Crippen molar-refractivity contribution in [2.45, 2.75) is 0 Å². The molecule has 0 fully saturated rings. The largest absolute Gasteiger partial charge is 0.508 e. The predicted octanol–water partition coefficient (Wildman–Crippen LogP) is 2.17. The van der Waals surface area contributed by atoms with Gasteiger partial charge in [-0.1, -0.05) is 42.5 Å². The Morgan fingerprint density at radius 3 is 2.59 bits per heavy atom. The molecule has 0 heterocycles. The molecule has 1 N–H and O–H groups in total. The Kier molecular flexibility index (Phi) is 2.68. The van der Waals surface area contributed by atoms with Crippen molar-refractivity contribution in [3.8, 4) is 16.9 Å². The van der Waals surface area contributed by atoms with Gasteiger partial charge in [0.25, 0.3) is 0 Å². The van der Waals surface area contributed by atoms with E-state index in [2.05, 4.69) is 16.9 Å². The minimum atomic E-state index is 0.255. The molecule has 0 spiro atoms. The highest BCUT2D eigenvalue weighted by Crippen LogP contribution is 2.23. The van der Waals surface area contributed by atoms with Crippen LogP contribution in [0.3, 0.4) is 0 Å². The van der Waals surface area contributed by atoms with Crippen LogP contribution < -0.4 is 10.4 Å². The highest BCUT2D eigenvalue weighted by molar-refractivity contribution is 6.30. The van der Waals surface area contributed by atoms with Crippen molar-refractivity contribution in [3.63, 3.8) is 0 Å². The lowest BCUT2D eigenvalue weighted by molar-refractivity contribution is -0.000726. The van der Waals surface area contributed by atoms with Gasteiger partial charge in [-0.25, -0.2) is 0 Å². The van der Waals surface area contributed by atoms with Crippen LogP contribution in [0.5, 0.6) is 5.75 Å². The van der Waals surface area contributed by atoms with Gasteiger partial charge in [0.1, 0.15) is 5.75 Å². The third-order valence-corrected chi connectivity index (χ3v) is 4.04. The molecule has 0 bridgehead atoms. The van der Waals surface area contributed by atoms with E-state index >= 15 is 0 Å². The number of fused-ring (bicyclic) bond motifs is 2. The lowest BCUT2D eigenvalue weighted by Crippen LogP contribution is -2.26. The Bertz CT molecular complexity index is 1020. The number of benzene rings is 2. The second-order valence-corrected chi connectivity index (χ2v) is 5.30. The van der Waals surface area contributed by atoms with Crippen LogP contribution in [-0.4, -0.2) is 15.6 Å². The minimum absolute atomic E-state index is 0.255. The quantitative estimate of drug-likeness (QED) is 0.633. The van der Waals surface area contributed by atoms with Gasteiger partial charge in [0.2, 0.25) is 0 Å². The smallest absolute Gasteiger partial charge is 0.323 e. The molecule has 3 nitrogen and oxygen atoms in total. The average Bonchev–Trinajstić information content (AvgIpc) is 2.94. The maximum atomic E-state index is 9.46. The Morgan fingerprint density at radius 1 is 1.00 bits per heavy atom. The van der Waals surface area contributed by atoms with E-state index in [1.54, 1.807) is 18.2 Å². The number of phenolic OH excluding ortho intramolecular Hbond substituents is 1. The van der Waals surface area contributed by atoms with Crippen molar-refractivity contribution in [1.29, 1.82) is 0 Å². The lowest BCUT2D eigenvalue weighted by atomic mass is 9.98. The van der Waals surface area contributed by atoms with Gasteiger partial charge in [-0.2, -0.15) is 4.79 Å². The molecule has 4 rings (SSSR count). The zero-order valence-electron chi connectivity index (χ0n) is 11.7. The molecule has 2 aromatic carbocycles. The Balaban J connectivity index is 2.06. The van der Waals surface area contributed by atoms with E-state index in [0.29, 0.717) is 5.71 Å². The Morgan fingerprint density at radius 2 is 1.82 bits per heavy atom. The van der Waals surface area contributed by atoms with Crippen LogP contribution in [0.1, 0.15) is 0 Å². The van der Waals surface area contributed by atoms with Crippen LogP contribution >= 0.6 is 0 Å². The van der Waals surface area contributed by atoms with Gasteiger partial charge in [0.05, 0.1) is 5.57 Å². The van der Waals surface area contributed by atoms with E-state index < -0.39 is 0 Å². The Labute approximate surface area is 127 Å². The molecule has 0 radical (unpaired) electrons. The first-order valence-electron chi connectivity index (χ1n) is 7.03. The molecular formula is C19H12N2O. The van der Waals surface area contributed by atoms with Crippen molar-refractivity contribution in [2.24, 2.45) is 0 Å². The molecule has 0 unspecified atom stereocenters. The first kappa shape index (κ1) is 12.6. The number of allylic oxidation sites excluding steroid dienone is 4. The molecule has 22 heavy (non-hydrogen) atoms. The van der Waals surface area contributed by atoms with Gasteiger partial charge in [0, 0.05) is 6.08 Å². The number of nitrogens with zero attached hydrogens (tertiary/aromatic N) is 2. The summed E-state index contributed by atoms with van der Waals surface area (Å²) in [7, 11) is 0. The molecule has 2 aliphatic rings. The summed E-state index contributed by atoms with van der Waals surface area (Å²) in [4.78, 5) is 3.40. The first-order valence-corrected chi connectivity index (χ1v) is 7.03. The fourth-order valence-corrected chi connectivity index (χ4v) is 3.04. The molecular weight excluding hydrogens is 272 g/mol. The van der Waals surface area contributed by atoms with E-state index in [-0.39, 0.29) is 5.75 Å². The van der Waals surface area contributed by atoms with Gasteiger partial charge >= 0.3 is 5.71 Å². The molecule has 0 saturated carbocycles. The van der Waals surface area contributed by atoms with Crippen molar-refractivity contribution >= 4 is 17.4 Å². The molecule has 0 aromatic heterocycles. The van der Waals surface area contributed by atoms with E-state index in [0.717, 1.165) is 32.7 Å². The second kappa shape index (κ2) is 4.69. The summed E-state index contributed by atoms with van der Waals surface area (Å²) < 4.78 is 0. The lowest BCUT2D eigenvalue weighted by Gasteiger charge is -2.03. The van der Waals surface area contributed by atoms with Crippen LogP contribution in [-0.2, 0) is 0 Å². The highest BCUT2D eigenvalue weighted by atomic mass is 16.3. The summed E-state index contributed by atoms with van der Waals surface area (Å²) in [6.45, 7) is 0. The maximum absolute atomic E-state index is 9.46. The standard InChI is InChI=1S/C19H12N2O/c20-21-18-6-1-3-13-11-17-15(4-2-5-16(17)19(13)18)12-7-9-14(22)10-8-12/h1-11,22H. The predicted molar refractivity (Wildman–Crippen MR) is 86.5 cm³/mol. The molecule has 2 aliphatic carbocycles. The number of rotatable bonds is 1. The SMILES string of the molecule is [N-]=[N+]=C1C=CC=C2C=c3c(-c4ccc(O)cc4)cccc3=C21. The van der Waals surface area contributed by atoms with Gasteiger partial charge in [-0.3, -0.25) is 0 Å². The summed E-state index contributed by atoms with van der Waals surface area (Å²) in [5.41, 5.74) is 14.0. The molecule has 0 aliphatic heterocycles. The van der Waals surface area contributed by atoms with Crippen molar-refractivity contribution in [2.75, 3.05) is 0 Å². The van der Waals surface area contributed by atoms with E-state index in [4.69, 9.17) is 0 Å². The van der Waals surface area contributed by atoms with Crippen LogP contribution in [0.25, 0.3) is 28.3 Å². The fraction of sp³-hybridized carbons (Fsp3) is 0. The molecule has 0 amide bonds. The number of aromatic hydroxyl groups is 1. The summed E-state index contributed by atoms with van der Waals surface area (Å²) in [6, 6.07) is 13.3.